The van der Waals surface area contributed by atoms with Crippen LogP contribution in [-0.2, 0) is 4.79 Å². The molecule has 0 aliphatic carbocycles. The number of nitrogens with zero attached hydrogens (tertiary/aromatic N) is 5. The molecule has 2 aliphatic heterocycles. The quantitative estimate of drug-likeness (QED) is 0.392. The van der Waals surface area contributed by atoms with Crippen molar-refractivity contribution in [3.63, 3.8) is 0 Å². The highest BCUT2D eigenvalue weighted by molar-refractivity contribution is 6.36. The molecule has 90 valence electrons. The Balaban J connectivity index is 2.17. The van der Waals surface area contributed by atoms with Crippen molar-refractivity contribution in [2.75, 3.05) is 13.1 Å². The van der Waals surface area contributed by atoms with E-state index in [-0.39, 0.29) is 17.6 Å². The fourth-order valence-electron chi connectivity index (χ4n) is 1.85. The van der Waals surface area contributed by atoms with Gasteiger partial charge in [0.15, 0.2) is 11.9 Å². The second-order valence-corrected chi connectivity index (χ2v) is 3.80. The van der Waals surface area contributed by atoms with Gasteiger partial charge in [-0.25, -0.2) is 9.98 Å². The van der Waals surface area contributed by atoms with Gasteiger partial charge in [0.05, 0.1) is 6.21 Å². The molecule has 7 heteroatoms. The summed E-state index contributed by atoms with van der Waals surface area (Å²) >= 11 is 0. The minimum absolute atomic E-state index is 0.0354. The van der Waals surface area contributed by atoms with Crippen LogP contribution in [-0.4, -0.2) is 59.7 Å². The maximum Gasteiger partial charge on any atom is 0.255 e. The molecule has 1 fully saturated rings. The van der Waals surface area contributed by atoms with E-state index in [1.165, 1.54) is 6.21 Å². The first-order valence-corrected chi connectivity index (χ1v) is 5.35. The van der Waals surface area contributed by atoms with Crippen LogP contribution in [0, 0.1) is 0 Å². The zero-order chi connectivity index (χ0) is 12.3. The highest BCUT2D eigenvalue weighted by atomic mass is 16.4. The lowest BCUT2D eigenvalue weighted by Crippen LogP contribution is -2.42. The molecule has 2 aliphatic rings. The van der Waals surface area contributed by atoms with E-state index in [2.05, 4.69) is 26.9 Å². The predicted molar refractivity (Wildman–Crippen MR) is 64.3 cm³/mol. The molecule has 1 saturated heterocycles. The number of carbonyl (C=O) groups excluding carboxylic acids is 1. The van der Waals surface area contributed by atoms with Gasteiger partial charge in [-0.05, 0) is 19.6 Å². The Kier molecular flexibility index (Phi) is 3.27. The van der Waals surface area contributed by atoms with Gasteiger partial charge in [-0.2, -0.15) is 0 Å². The van der Waals surface area contributed by atoms with Crippen molar-refractivity contribution >= 4 is 30.5 Å². The minimum Gasteiger partial charge on any atom is -0.409 e. The summed E-state index contributed by atoms with van der Waals surface area (Å²) in [7, 11) is 0. The number of amides is 1. The van der Waals surface area contributed by atoms with Crippen LogP contribution in [0.2, 0.25) is 0 Å². The van der Waals surface area contributed by atoms with Crippen molar-refractivity contribution in [3.8, 4) is 0 Å². The number of likely N-dealkylation sites (tertiary alicyclic amines) is 1. The third-order valence-electron chi connectivity index (χ3n) is 2.73. The lowest BCUT2D eigenvalue weighted by molar-refractivity contribution is -0.129. The van der Waals surface area contributed by atoms with Gasteiger partial charge in [0, 0.05) is 13.1 Å². The summed E-state index contributed by atoms with van der Waals surface area (Å²) < 4.78 is 0. The molecule has 0 saturated carbocycles. The predicted octanol–water partition coefficient (Wildman–Crippen LogP) is -0.0514. The molecular formula is C10H13N5O2. The third kappa shape index (κ3) is 2.22. The number of aliphatic imine (C=N–C) groups is 3. The molecule has 7 nitrogen and oxygen atoms in total. The second-order valence-electron chi connectivity index (χ2n) is 3.80. The van der Waals surface area contributed by atoms with Crippen molar-refractivity contribution in [2.45, 2.75) is 18.9 Å². The van der Waals surface area contributed by atoms with Crippen molar-refractivity contribution in [1.29, 1.82) is 0 Å². The van der Waals surface area contributed by atoms with Crippen LogP contribution in [0.4, 0.5) is 0 Å². The van der Waals surface area contributed by atoms with E-state index >= 15 is 0 Å². The van der Waals surface area contributed by atoms with E-state index in [4.69, 9.17) is 5.21 Å². The molecule has 2 heterocycles. The van der Waals surface area contributed by atoms with Gasteiger partial charge in [-0.3, -0.25) is 9.79 Å². The van der Waals surface area contributed by atoms with E-state index in [0.29, 0.717) is 0 Å². The number of carbonyl (C=O) groups is 1. The summed E-state index contributed by atoms with van der Waals surface area (Å²) in [6.07, 6.45) is 3.35. The zero-order valence-electron chi connectivity index (χ0n) is 9.28. The maximum atomic E-state index is 12.1. The van der Waals surface area contributed by atoms with Crippen LogP contribution < -0.4 is 0 Å². The lowest BCUT2D eigenvalue weighted by atomic mass is 10.2. The van der Waals surface area contributed by atoms with E-state index in [1.807, 2.05) is 0 Å². The topological polar surface area (TPSA) is 90.0 Å². The summed E-state index contributed by atoms with van der Waals surface area (Å²) in [5, 5.41) is 11.8. The first-order valence-electron chi connectivity index (χ1n) is 5.35. The number of rotatable bonds is 1. The molecule has 0 bridgehead atoms. The Hall–Kier alpha value is -2.05. The van der Waals surface area contributed by atoms with Gasteiger partial charge in [-0.15, -0.1) is 0 Å². The normalized spacial score (nSPS) is 26.1. The molecule has 0 aromatic rings. The van der Waals surface area contributed by atoms with E-state index in [1.54, 1.807) is 4.90 Å². The summed E-state index contributed by atoms with van der Waals surface area (Å²) in [5.74, 6) is 0.0217. The number of hydrogen-bond donors (Lipinski definition) is 1. The number of amidine groups is 2. The molecule has 17 heavy (non-hydrogen) atoms. The molecular weight excluding hydrogens is 222 g/mol. The van der Waals surface area contributed by atoms with E-state index < -0.39 is 6.04 Å². The first kappa shape index (κ1) is 11.4. The largest absolute Gasteiger partial charge is 0.409 e. The molecule has 0 aromatic heterocycles. The van der Waals surface area contributed by atoms with E-state index in [0.717, 1.165) is 25.9 Å². The van der Waals surface area contributed by atoms with Crippen LogP contribution in [0.1, 0.15) is 12.8 Å². The molecule has 1 unspecified atom stereocenters. The van der Waals surface area contributed by atoms with Crippen molar-refractivity contribution in [1.82, 2.24) is 4.90 Å². The van der Waals surface area contributed by atoms with Crippen LogP contribution >= 0.6 is 0 Å². The first-order chi connectivity index (χ1) is 8.26. The monoisotopic (exact) mass is 235 g/mol. The van der Waals surface area contributed by atoms with Crippen molar-refractivity contribution < 1.29 is 10.0 Å². The summed E-state index contributed by atoms with van der Waals surface area (Å²) in [6.45, 7) is 4.74. The Labute approximate surface area is 98.3 Å². The van der Waals surface area contributed by atoms with Crippen LogP contribution in [0.5, 0.6) is 0 Å². The van der Waals surface area contributed by atoms with Gasteiger partial charge >= 0.3 is 0 Å². The Morgan fingerprint density at radius 1 is 1.53 bits per heavy atom. The maximum absolute atomic E-state index is 12.1. The SMILES string of the molecule is C=NC1=NC(=NO)C(C(=O)N2CCCC2)N=C1. The Bertz CT molecular complexity index is 420. The minimum atomic E-state index is -0.858. The summed E-state index contributed by atoms with van der Waals surface area (Å²) in [6, 6.07) is -0.858. The number of hydrogen-bond acceptors (Lipinski definition) is 5. The molecule has 0 spiro atoms. The lowest BCUT2D eigenvalue weighted by Gasteiger charge is -2.20. The second kappa shape index (κ2) is 4.86. The fraction of sp³-hybridized carbons (Fsp3) is 0.500. The van der Waals surface area contributed by atoms with Gasteiger partial charge in [-0.1, -0.05) is 5.16 Å². The smallest absolute Gasteiger partial charge is 0.255 e. The fourth-order valence-corrected chi connectivity index (χ4v) is 1.85. The standard InChI is InChI=1S/C10H13N5O2/c1-11-7-6-12-8(9(13-7)14-17)10(16)15-4-2-3-5-15/h6,8,17H,1-5H2. The molecule has 0 aromatic carbocycles. The molecule has 1 amide bonds. The molecule has 1 atom stereocenters. The van der Waals surface area contributed by atoms with Gasteiger partial charge < -0.3 is 10.1 Å². The van der Waals surface area contributed by atoms with Crippen LogP contribution in [0.25, 0.3) is 0 Å². The average molecular weight is 235 g/mol. The highest BCUT2D eigenvalue weighted by Crippen LogP contribution is 2.13. The Morgan fingerprint density at radius 3 is 2.82 bits per heavy atom. The average Bonchev–Trinajstić information content (AvgIpc) is 2.91. The summed E-state index contributed by atoms with van der Waals surface area (Å²) in [5.41, 5.74) is 0. The molecule has 0 radical (unpaired) electrons. The van der Waals surface area contributed by atoms with Crippen LogP contribution in [0.15, 0.2) is 20.1 Å². The van der Waals surface area contributed by atoms with Crippen molar-refractivity contribution in [2.24, 2.45) is 20.1 Å². The van der Waals surface area contributed by atoms with E-state index in [9.17, 15) is 4.79 Å². The van der Waals surface area contributed by atoms with Crippen molar-refractivity contribution in [3.05, 3.63) is 0 Å². The number of oxime groups is 1. The molecule has 2 rings (SSSR count). The Morgan fingerprint density at radius 2 is 2.24 bits per heavy atom. The zero-order valence-corrected chi connectivity index (χ0v) is 9.28. The van der Waals surface area contributed by atoms with Gasteiger partial charge in [0.1, 0.15) is 0 Å². The van der Waals surface area contributed by atoms with Gasteiger partial charge in [0.25, 0.3) is 5.91 Å². The highest BCUT2D eigenvalue weighted by Gasteiger charge is 2.32. The summed E-state index contributed by atoms with van der Waals surface area (Å²) in [4.78, 5) is 25.2. The third-order valence-corrected chi connectivity index (χ3v) is 2.73. The van der Waals surface area contributed by atoms with Crippen LogP contribution in [0.3, 0.4) is 0 Å². The molecule has 1 N–H and O–H groups in total. The van der Waals surface area contributed by atoms with Gasteiger partial charge in [0.2, 0.25) is 5.84 Å².